The fraction of sp³-hybridized carbons (Fsp3) is 0.750. The molecule has 7 heteroatoms. The minimum atomic E-state index is -0.378. The van der Waals surface area contributed by atoms with Gasteiger partial charge >= 0.3 is 0 Å². The van der Waals surface area contributed by atoms with E-state index in [0.717, 1.165) is 12.8 Å². The number of piperidine rings is 1. The smallest absolute Gasteiger partial charge is 0.228 e. The molecule has 1 aliphatic heterocycles. The lowest BCUT2D eigenvalue weighted by molar-refractivity contribution is -0.133. The Bertz CT molecular complexity index is 310. The van der Waals surface area contributed by atoms with Crippen molar-refractivity contribution in [1.82, 2.24) is 4.90 Å². The summed E-state index contributed by atoms with van der Waals surface area (Å²) in [5.41, 5.74) is 13.2. The van der Waals surface area contributed by atoms with Crippen molar-refractivity contribution in [3.8, 4) is 0 Å². The van der Waals surface area contributed by atoms with Crippen LogP contribution in [0, 0.1) is 5.92 Å². The van der Waals surface area contributed by atoms with Crippen molar-refractivity contribution in [2.75, 3.05) is 19.6 Å². The Balaban J connectivity index is 2.51. The zero-order valence-electron chi connectivity index (χ0n) is 8.30. The minimum absolute atomic E-state index is 0.192. The van der Waals surface area contributed by atoms with E-state index in [1.54, 1.807) is 0 Å². The van der Waals surface area contributed by atoms with Crippen molar-refractivity contribution in [3.63, 3.8) is 0 Å². The first-order valence-electron chi connectivity index (χ1n) is 4.73. The molecule has 1 saturated heterocycles. The summed E-state index contributed by atoms with van der Waals surface area (Å²) < 4.78 is 0. The van der Waals surface area contributed by atoms with Crippen LogP contribution in [-0.4, -0.2) is 36.3 Å². The molecule has 82 valence electrons. The van der Waals surface area contributed by atoms with Crippen molar-refractivity contribution >= 4 is 11.8 Å². The van der Waals surface area contributed by atoms with Crippen LogP contribution >= 0.6 is 0 Å². The van der Waals surface area contributed by atoms with Gasteiger partial charge in [-0.1, -0.05) is 5.11 Å². The Hall–Kier alpha value is -1.75. The normalized spacial score (nSPS) is 20.5. The molecule has 1 aliphatic rings. The maximum Gasteiger partial charge on any atom is 0.228 e. The number of carbonyl (C=O) groups excluding carboxylic acids is 2. The van der Waals surface area contributed by atoms with Gasteiger partial charge in [0.1, 0.15) is 6.54 Å². The van der Waals surface area contributed by atoms with Crippen molar-refractivity contribution in [2.24, 2.45) is 16.8 Å². The topological polar surface area (TPSA) is 112 Å². The predicted molar refractivity (Wildman–Crippen MR) is 52.5 cm³/mol. The number of carbonyl (C=O) groups is 2. The summed E-state index contributed by atoms with van der Waals surface area (Å²) in [6.07, 6.45) is 1.48. The Kier molecular flexibility index (Phi) is 3.93. The number of rotatable bonds is 3. The first kappa shape index (κ1) is 11.3. The van der Waals surface area contributed by atoms with Crippen LogP contribution in [0.3, 0.4) is 0 Å². The van der Waals surface area contributed by atoms with E-state index in [1.807, 2.05) is 0 Å². The predicted octanol–water partition coefficient (Wildman–Crippen LogP) is 0.0206. The number of nitrogens with two attached hydrogens (primary N) is 1. The molecule has 0 radical (unpaired) electrons. The van der Waals surface area contributed by atoms with E-state index >= 15 is 0 Å². The monoisotopic (exact) mass is 211 g/mol. The third-order valence-electron chi connectivity index (χ3n) is 2.45. The molecule has 0 aromatic heterocycles. The highest BCUT2D eigenvalue weighted by molar-refractivity contribution is 5.81. The molecule has 1 unspecified atom stereocenters. The highest BCUT2D eigenvalue weighted by atomic mass is 16.2. The lowest BCUT2D eigenvalue weighted by atomic mass is 9.97. The van der Waals surface area contributed by atoms with Crippen LogP contribution in [-0.2, 0) is 9.59 Å². The Morgan fingerprint density at radius 1 is 1.60 bits per heavy atom. The van der Waals surface area contributed by atoms with Crippen LogP contribution in [0.4, 0.5) is 0 Å². The van der Waals surface area contributed by atoms with Gasteiger partial charge < -0.3 is 10.6 Å². The zero-order chi connectivity index (χ0) is 11.3. The molecule has 1 atom stereocenters. The van der Waals surface area contributed by atoms with Crippen LogP contribution in [0.2, 0.25) is 0 Å². The molecule has 0 aromatic carbocycles. The highest BCUT2D eigenvalue weighted by Crippen LogP contribution is 2.15. The molecule has 0 spiro atoms. The van der Waals surface area contributed by atoms with Gasteiger partial charge in [0.2, 0.25) is 11.8 Å². The second-order valence-electron chi connectivity index (χ2n) is 3.47. The Morgan fingerprint density at radius 3 is 2.93 bits per heavy atom. The van der Waals surface area contributed by atoms with Crippen LogP contribution in [0.5, 0.6) is 0 Å². The number of azide groups is 1. The number of primary amides is 1. The van der Waals surface area contributed by atoms with Gasteiger partial charge in [-0.2, -0.15) is 0 Å². The second-order valence-corrected chi connectivity index (χ2v) is 3.47. The molecule has 0 aromatic rings. The summed E-state index contributed by atoms with van der Waals surface area (Å²) in [5, 5.41) is 3.19. The average molecular weight is 211 g/mol. The minimum Gasteiger partial charge on any atom is -0.369 e. The molecule has 1 fully saturated rings. The van der Waals surface area contributed by atoms with E-state index < -0.39 is 0 Å². The van der Waals surface area contributed by atoms with Gasteiger partial charge in [0, 0.05) is 18.0 Å². The number of amides is 2. The van der Waals surface area contributed by atoms with E-state index in [-0.39, 0.29) is 24.3 Å². The Morgan fingerprint density at radius 2 is 2.33 bits per heavy atom. The number of hydrogen-bond acceptors (Lipinski definition) is 3. The van der Waals surface area contributed by atoms with Crippen LogP contribution in [0.1, 0.15) is 12.8 Å². The molecule has 1 rings (SSSR count). The maximum absolute atomic E-state index is 11.4. The summed E-state index contributed by atoms with van der Waals surface area (Å²) in [6.45, 7) is 0.751. The fourth-order valence-electron chi connectivity index (χ4n) is 1.63. The highest BCUT2D eigenvalue weighted by Gasteiger charge is 2.26. The van der Waals surface area contributed by atoms with Gasteiger partial charge in [0.05, 0.1) is 5.92 Å². The van der Waals surface area contributed by atoms with E-state index in [0.29, 0.717) is 13.1 Å². The van der Waals surface area contributed by atoms with Crippen LogP contribution in [0.15, 0.2) is 5.11 Å². The molecule has 2 amide bonds. The second kappa shape index (κ2) is 5.21. The van der Waals surface area contributed by atoms with Crippen molar-refractivity contribution < 1.29 is 9.59 Å². The lowest BCUT2D eigenvalue weighted by Gasteiger charge is -2.30. The van der Waals surface area contributed by atoms with Gasteiger partial charge in [-0.25, -0.2) is 0 Å². The SMILES string of the molecule is [N-]=[N+]=NCC(=O)N1CCCC(C(N)=O)C1. The zero-order valence-corrected chi connectivity index (χ0v) is 8.30. The summed E-state index contributed by atoms with van der Waals surface area (Å²) in [7, 11) is 0. The van der Waals surface area contributed by atoms with Crippen molar-refractivity contribution in [1.29, 1.82) is 0 Å². The van der Waals surface area contributed by atoms with Crippen LogP contribution in [0.25, 0.3) is 10.4 Å². The van der Waals surface area contributed by atoms with E-state index in [4.69, 9.17) is 11.3 Å². The molecule has 2 N–H and O–H groups in total. The molecule has 7 nitrogen and oxygen atoms in total. The lowest BCUT2D eigenvalue weighted by Crippen LogP contribution is -2.44. The third kappa shape index (κ3) is 3.14. The molecule has 0 saturated carbocycles. The standard InChI is InChI=1S/C8H13N5O2/c9-8(15)6-2-1-3-13(5-6)7(14)4-11-12-10/h6H,1-5H2,(H2,9,15). The molecule has 0 aliphatic carbocycles. The van der Waals surface area contributed by atoms with E-state index in [9.17, 15) is 9.59 Å². The number of hydrogen-bond donors (Lipinski definition) is 1. The number of likely N-dealkylation sites (tertiary alicyclic amines) is 1. The third-order valence-corrected chi connectivity index (χ3v) is 2.45. The summed E-state index contributed by atoms with van der Waals surface area (Å²) >= 11 is 0. The molecule has 0 bridgehead atoms. The summed E-state index contributed by atoms with van der Waals surface area (Å²) in [6, 6.07) is 0. The van der Waals surface area contributed by atoms with Gasteiger partial charge in [-0.3, -0.25) is 9.59 Å². The molecular formula is C8H13N5O2. The molecular weight excluding hydrogens is 198 g/mol. The quantitative estimate of drug-likeness (QED) is 0.403. The first-order chi connectivity index (χ1) is 7.15. The van der Waals surface area contributed by atoms with Crippen molar-refractivity contribution in [2.45, 2.75) is 12.8 Å². The Labute approximate surface area is 86.8 Å². The first-order valence-corrected chi connectivity index (χ1v) is 4.73. The van der Waals surface area contributed by atoms with Crippen LogP contribution < -0.4 is 5.73 Å². The van der Waals surface area contributed by atoms with Gasteiger partial charge in [-0.15, -0.1) is 0 Å². The fourth-order valence-corrected chi connectivity index (χ4v) is 1.63. The van der Waals surface area contributed by atoms with Gasteiger partial charge in [-0.05, 0) is 18.4 Å². The number of nitrogens with zero attached hydrogens (tertiary/aromatic N) is 4. The molecule has 15 heavy (non-hydrogen) atoms. The molecule has 1 heterocycles. The largest absolute Gasteiger partial charge is 0.369 e. The van der Waals surface area contributed by atoms with Crippen molar-refractivity contribution in [3.05, 3.63) is 10.4 Å². The maximum atomic E-state index is 11.4. The van der Waals surface area contributed by atoms with Gasteiger partial charge in [0.25, 0.3) is 0 Å². The van der Waals surface area contributed by atoms with E-state index in [1.165, 1.54) is 4.90 Å². The average Bonchev–Trinajstić information content (AvgIpc) is 2.26. The van der Waals surface area contributed by atoms with E-state index in [2.05, 4.69) is 10.0 Å². The summed E-state index contributed by atoms with van der Waals surface area (Å²) in [4.78, 5) is 26.4. The van der Waals surface area contributed by atoms with Gasteiger partial charge in [0.15, 0.2) is 0 Å². The summed E-state index contributed by atoms with van der Waals surface area (Å²) in [5.74, 6) is -0.899.